The van der Waals surface area contributed by atoms with E-state index < -0.39 is 17.3 Å². The van der Waals surface area contributed by atoms with Crippen molar-refractivity contribution in [3.8, 4) is 0 Å². The van der Waals surface area contributed by atoms with Gasteiger partial charge in [0.05, 0.1) is 11.9 Å². The van der Waals surface area contributed by atoms with E-state index in [1.54, 1.807) is 5.10 Å². The molecule has 0 bridgehead atoms. The summed E-state index contributed by atoms with van der Waals surface area (Å²) in [6.45, 7) is 0. The number of nitrogens with zero attached hydrogens (tertiary/aromatic N) is 1. The lowest BCUT2D eigenvalue weighted by Gasteiger charge is -2.11. The van der Waals surface area contributed by atoms with Gasteiger partial charge in [0.1, 0.15) is 5.56 Å². The highest BCUT2D eigenvalue weighted by Gasteiger charge is 2.38. The first-order valence-electron chi connectivity index (χ1n) is 4.40. The van der Waals surface area contributed by atoms with Gasteiger partial charge in [0.2, 0.25) is 0 Å². The maximum atomic E-state index is 12.5. The van der Waals surface area contributed by atoms with Gasteiger partial charge >= 0.3 is 6.18 Å². The van der Waals surface area contributed by atoms with Crippen molar-refractivity contribution in [3.05, 3.63) is 22.1 Å². The minimum absolute atomic E-state index is 0.0368. The average Bonchev–Trinajstić information content (AvgIpc) is 2.85. The number of hydrogen-bond acceptors (Lipinski definition) is 3. The zero-order chi connectivity index (χ0) is 11.1. The van der Waals surface area contributed by atoms with Gasteiger partial charge in [-0.2, -0.15) is 18.3 Å². The molecule has 0 radical (unpaired) electrons. The van der Waals surface area contributed by atoms with Gasteiger partial charge in [-0.05, 0) is 12.8 Å². The highest BCUT2D eigenvalue weighted by molar-refractivity contribution is 5.50. The second-order valence-corrected chi connectivity index (χ2v) is 3.40. The van der Waals surface area contributed by atoms with Crippen LogP contribution in [-0.2, 0) is 6.18 Å². The summed E-state index contributed by atoms with van der Waals surface area (Å²) in [5.74, 6) is 0. The summed E-state index contributed by atoms with van der Waals surface area (Å²) in [6, 6.07) is 0.0368. The monoisotopic (exact) mass is 219 g/mol. The Labute approximate surface area is 82.5 Å². The fourth-order valence-electron chi connectivity index (χ4n) is 1.24. The van der Waals surface area contributed by atoms with Crippen LogP contribution in [0.2, 0.25) is 0 Å². The van der Waals surface area contributed by atoms with E-state index in [0.717, 1.165) is 19.0 Å². The number of aromatic nitrogens is 2. The molecule has 82 valence electrons. The van der Waals surface area contributed by atoms with Gasteiger partial charge < -0.3 is 5.32 Å². The van der Waals surface area contributed by atoms with Crippen LogP contribution < -0.4 is 10.9 Å². The van der Waals surface area contributed by atoms with E-state index in [0.29, 0.717) is 0 Å². The highest BCUT2D eigenvalue weighted by Crippen LogP contribution is 2.33. The van der Waals surface area contributed by atoms with Crippen molar-refractivity contribution in [1.29, 1.82) is 0 Å². The smallest absolute Gasteiger partial charge is 0.380 e. The molecule has 1 saturated carbocycles. The third kappa shape index (κ3) is 2.11. The molecular formula is C8H8F3N3O. The molecule has 0 unspecified atom stereocenters. The summed E-state index contributed by atoms with van der Waals surface area (Å²) in [5, 5.41) is 7.74. The van der Waals surface area contributed by atoms with Crippen LogP contribution in [-0.4, -0.2) is 16.2 Å². The van der Waals surface area contributed by atoms with Gasteiger partial charge in [0, 0.05) is 6.04 Å². The summed E-state index contributed by atoms with van der Waals surface area (Å²) in [5.41, 5.74) is -2.66. The van der Waals surface area contributed by atoms with E-state index in [9.17, 15) is 18.0 Å². The maximum absolute atomic E-state index is 12.5. The molecule has 1 aromatic heterocycles. The van der Waals surface area contributed by atoms with E-state index in [1.165, 1.54) is 0 Å². The number of halogens is 3. The normalized spacial score (nSPS) is 16.5. The largest absolute Gasteiger partial charge is 0.423 e. The molecule has 2 rings (SSSR count). The molecule has 0 amide bonds. The van der Waals surface area contributed by atoms with Crippen molar-refractivity contribution in [2.75, 3.05) is 5.32 Å². The van der Waals surface area contributed by atoms with Gasteiger partial charge in [-0.1, -0.05) is 0 Å². The molecule has 1 aromatic rings. The highest BCUT2D eigenvalue weighted by atomic mass is 19.4. The predicted octanol–water partition coefficient (Wildman–Crippen LogP) is 1.36. The van der Waals surface area contributed by atoms with E-state index >= 15 is 0 Å². The first-order valence-corrected chi connectivity index (χ1v) is 4.40. The molecule has 15 heavy (non-hydrogen) atoms. The van der Waals surface area contributed by atoms with E-state index in [1.807, 2.05) is 0 Å². The number of nitrogens with one attached hydrogen (secondary N) is 2. The lowest BCUT2D eigenvalue weighted by molar-refractivity contribution is -0.138. The van der Waals surface area contributed by atoms with Crippen LogP contribution in [0, 0.1) is 0 Å². The van der Waals surface area contributed by atoms with E-state index in [2.05, 4.69) is 10.4 Å². The molecular weight excluding hydrogens is 211 g/mol. The van der Waals surface area contributed by atoms with Gasteiger partial charge in [-0.3, -0.25) is 4.79 Å². The zero-order valence-corrected chi connectivity index (χ0v) is 7.56. The van der Waals surface area contributed by atoms with Crippen LogP contribution in [0.25, 0.3) is 0 Å². The molecule has 7 heteroatoms. The van der Waals surface area contributed by atoms with Crippen LogP contribution in [0.15, 0.2) is 11.0 Å². The molecule has 0 aliphatic heterocycles. The Hall–Kier alpha value is -1.53. The van der Waals surface area contributed by atoms with E-state index in [4.69, 9.17) is 0 Å². The number of H-pyrrole nitrogens is 1. The second-order valence-electron chi connectivity index (χ2n) is 3.40. The fraction of sp³-hybridized carbons (Fsp3) is 0.500. The van der Waals surface area contributed by atoms with Gasteiger partial charge in [-0.15, -0.1) is 0 Å². The van der Waals surface area contributed by atoms with Gasteiger partial charge in [-0.25, -0.2) is 5.10 Å². The number of aromatic amines is 1. The third-order valence-corrected chi connectivity index (χ3v) is 2.08. The second kappa shape index (κ2) is 3.25. The molecule has 0 aromatic carbocycles. The van der Waals surface area contributed by atoms with Crippen molar-refractivity contribution in [1.82, 2.24) is 10.2 Å². The molecule has 2 N–H and O–H groups in total. The van der Waals surface area contributed by atoms with Gasteiger partial charge in [0.25, 0.3) is 5.56 Å². The van der Waals surface area contributed by atoms with Crippen LogP contribution >= 0.6 is 0 Å². The van der Waals surface area contributed by atoms with Crippen molar-refractivity contribution in [3.63, 3.8) is 0 Å². The Morgan fingerprint density at radius 2 is 2.13 bits per heavy atom. The molecule has 1 heterocycles. The fourth-order valence-corrected chi connectivity index (χ4v) is 1.24. The lowest BCUT2D eigenvalue weighted by Crippen LogP contribution is -2.25. The first-order chi connectivity index (χ1) is 6.98. The molecule has 0 atom stereocenters. The third-order valence-electron chi connectivity index (χ3n) is 2.08. The average molecular weight is 219 g/mol. The molecule has 1 aliphatic rings. The van der Waals surface area contributed by atoms with E-state index in [-0.39, 0.29) is 11.7 Å². The summed E-state index contributed by atoms with van der Waals surface area (Å²) in [4.78, 5) is 11.0. The van der Waals surface area contributed by atoms with Crippen molar-refractivity contribution in [2.45, 2.75) is 25.1 Å². The number of anilines is 1. The lowest BCUT2D eigenvalue weighted by atomic mass is 10.2. The number of alkyl halides is 3. The first kappa shape index (κ1) is 10.0. The molecule has 1 aliphatic carbocycles. The standard InChI is InChI=1S/C8H8F3N3O/c9-8(10,11)6-5(13-4-1-2-4)3-12-14-7(6)15/h3-4H,1-2H2,(H2,13,14,15). The summed E-state index contributed by atoms with van der Waals surface area (Å²) in [6.07, 6.45) is -2.02. The van der Waals surface area contributed by atoms with Crippen LogP contribution in [0.1, 0.15) is 18.4 Å². The SMILES string of the molecule is O=c1[nH]ncc(NC2CC2)c1C(F)(F)F. The van der Waals surface area contributed by atoms with Crippen LogP contribution in [0.5, 0.6) is 0 Å². The number of hydrogen-bond donors (Lipinski definition) is 2. The molecule has 0 spiro atoms. The molecule has 4 nitrogen and oxygen atoms in total. The topological polar surface area (TPSA) is 57.8 Å². The maximum Gasteiger partial charge on any atom is 0.423 e. The van der Waals surface area contributed by atoms with Crippen molar-refractivity contribution in [2.24, 2.45) is 0 Å². The van der Waals surface area contributed by atoms with Gasteiger partial charge in [0.15, 0.2) is 0 Å². The predicted molar refractivity (Wildman–Crippen MR) is 46.5 cm³/mol. The molecule has 0 saturated heterocycles. The Balaban J connectivity index is 2.43. The zero-order valence-electron chi connectivity index (χ0n) is 7.56. The molecule has 1 fully saturated rings. The quantitative estimate of drug-likeness (QED) is 0.789. The Morgan fingerprint density at radius 3 is 2.67 bits per heavy atom. The summed E-state index contributed by atoms with van der Waals surface area (Å²) >= 11 is 0. The summed E-state index contributed by atoms with van der Waals surface area (Å²) < 4.78 is 37.5. The number of rotatable bonds is 2. The Morgan fingerprint density at radius 1 is 1.47 bits per heavy atom. The van der Waals surface area contributed by atoms with Crippen LogP contribution in [0.3, 0.4) is 0 Å². The Bertz CT molecular complexity index is 422. The van der Waals surface area contributed by atoms with Crippen LogP contribution in [0.4, 0.5) is 18.9 Å². The minimum atomic E-state index is -4.66. The summed E-state index contributed by atoms with van der Waals surface area (Å²) in [7, 11) is 0. The Kier molecular flexibility index (Phi) is 2.17. The van der Waals surface area contributed by atoms with Crippen molar-refractivity contribution < 1.29 is 13.2 Å². The minimum Gasteiger partial charge on any atom is -0.380 e. The van der Waals surface area contributed by atoms with Crippen molar-refractivity contribution >= 4 is 5.69 Å².